The molecule has 0 fully saturated rings. The van der Waals surface area contributed by atoms with Gasteiger partial charge in [0, 0.05) is 22.1 Å². The van der Waals surface area contributed by atoms with Gasteiger partial charge in [-0.2, -0.15) is 0 Å². The quantitative estimate of drug-likeness (QED) is 0.510. The molecule has 98 valence electrons. The van der Waals surface area contributed by atoms with E-state index in [1.165, 1.54) is 12.1 Å². The second-order valence-corrected chi connectivity index (χ2v) is 5.33. The third kappa shape index (κ3) is 3.51. The fourth-order valence-corrected chi connectivity index (χ4v) is 2.58. The highest BCUT2D eigenvalue weighted by Crippen LogP contribution is 2.24. The number of non-ortho nitro benzene ring substituents is 1. The maximum absolute atomic E-state index is 10.6. The van der Waals surface area contributed by atoms with Gasteiger partial charge in [0.1, 0.15) is 0 Å². The summed E-state index contributed by atoms with van der Waals surface area (Å²) >= 11 is 2.18. The number of hydrogen-bond donors (Lipinski definition) is 1. The summed E-state index contributed by atoms with van der Waals surface area (Å²) in [5.41, 5.74) is 1.81. The summed E-state index contributed by atoms with van der Waals surface area (Å²) in [6, 6.07) is 13.9. The van der Waals surface area contributed by atoms with Gasteiger partial charge in [-0.25, -0.2) is 0 Å². The molecule has 2 rings (SSSR count). The molecule has 2 aromatic rings. The molecule has 4 nitrogen and oxygen atoms in total. The Hall–Kier alpha value is -1.47. The molecule has 0 bridgehead atoms. The van der Waals surface area contributed by atoms with Crippen LogP contribution in [0.3, 0.4) is 0 Å². The predicted molar refractivity (Wildman–Crippen MR) is 80.9 cm³/mol. The zero-order valence-electron chi connectivity index (χ0n) is 9.99. The van der Waals surface area contributed by atoms with Gasteiger partial charge >= 0.3 is 0 Å². The maximum Gasteiger partial charge on any atom is 0.269 e. The van der Waals surface area contributed by atoms with Crippen molar-refractivity contribution < 1.29 is 10.0 Å². The van der Waals surface area contributed by atoms with E-state index in [4.69, 9.17) is 0 Å². The maximum atomic E-state index is 10.6. The Morgan fingerprint density at radius 3 is 2.37 bits per heavy atom. The third-order valence-electron chi connectivity index (χ3n) is 2.84. The van der Waals surface area contributed by atoms with Crippen LogP contribution in [0, 0.1) is 13.7 Å². The van der Waals surface area contributed by atoms with E-state index in [0.29, 0.717) is 6.42 Å². The van der Waals surface area contributed by atoms with E-state index in [-0.39, 0.29) is 5.69 Å². The Morgan fingerprint density at radius 2 is 1.79 bits per heavy atom. The zero-order chi connectivity index (χ0) is 13.8. The monoisotopic (exact) mass is 369 g/mol. The highest BCUT2D eigenvalue weighted by molar-refractivity contribution is 14.1. The largest absolute Gasteiger partial charge is 0.388 e. The smallest absolute Gasteiger partial charge is 0.269 e. The Kier molecular flexibility index (Phi) is 4.49. The number of rotatable bonds is 4. The normalized spacial score (nSPS) is 12.1. The van der Waals surface area contributed by atoms with Crippen LogP contribution in [0.2, 0.25) is 0 Å². The van der Waals surface area contributed by atoms with Crippen molar-refractivity contribution in [2.45, 2.75) is 12.5 Å². The van der Waals surface area contributed by atoms with Crippen molar-refractivity contribution in [3.05, 3.63) is 73.3 Å². The molecule has 0 amide bonds. The molecule has 0 aromatic heterocycles. The van der Waals surface area contributed by atoms with Crippen LogP contribution in [0.4, 0.5) is 5.69 Å². The molecule has 0 aliphatic heterocycles. The van der Waals surface area contributed by atoms with Gasteiger partial charge < -0.3 is 5.11 Å². The summed E-state index contributed by atoms with van der Waals surface area (Å²) in [4.78, 5) is 10.1. The highest BCUT2D eigenvalue weighted by Gasteiger charge is 2.12. The van der Waals surface area contributed by atoms with Crippen LogP contribution in [0.5, 0.6) is 0 Å². The van der Waals surface area contributed by atoms with Crippen LogP contribution in [-0.2, 0) is 6.42 Å². The Morgan fingerprint density at radius 1 is 1.16 bits per heavy atom. The summed E-state index contributed by atoms with van der Waals surface area (Å²) in [6.07, 6.45) is -0.160. The van der Waals surface area contributed by atoms with Crippen molar-refractivity contribution in [2.24, 2.45) is 0 Å². The lowest BCUT2D eigenvalue weighted by molar-refractivity contribution is -0.384. The summed E-state index contributed by atoms with van der Waals surface area (Å²) in [7, 11) is 0. The molecule has 1 atom stereocenters. The minimum Gasteiger partial charge on any atom is -0.388 e. The number of hydrogen-bond acceptors (Lipinski definition) is 3. The number of halogens is 1. The molecule has 0 aliphatic carbocycles. The lowest BCUT2D eigenvalue weighted by atomic mass is 10.0. The molecule has 19 heavy (non-hydrogen) atoms. The van der Waals surface area contributed by atoms with Gasteiger partial charge in [0.05, 0.1) is 11.0 Å². The van der Waals surface area contributed by atoms with Gasteiger partial charge in [0.25, 0.3) is 5.69 Å². The molecular formula is C14H12INO3. The average Bonchev–Trinajstić information content (AvgIpc) is 2.39. The van der Waals surface area contributed by atoms with Gasteiger partial charge in [-0.05, 0) is 39.8 Å². The number of nitrogens with zero attached hydrogens (tertiary/aromatic N) is 1. The molecule has 1 unspecified atom stereocenters. The van der Waals surface area contributed by atoms with E-state index in [1.54, 1.807) is 12.1 Å². The van der Waals surface area contributed by atoms with Crippen LogP contribution < -0.4 is 0 Å². The van der Waals surface area contributed by atoms with Crippen LogP contribution in [0.15, 0.2) is 48.5 Å². The number of benzene rings is 2. The number of nitro benzene ring substituents is 1. The van der Waals surface area contributed by atoms with Crippen LogP contribution in [-0.4, -0.2) is 10.0 Å². The first kappa shape index (κ1) is 14.0. The summed E-state index contributed by atoms with van der Waals surface area (Å²) < 4.78 is 1.01. The van der Waals surface area contributed by atoms with Crippen molar-refractivity contribution >= 4 is 28.3 Å². The molecular weight excluding hydrogens is 357 g/mol. The molecule has 0 spiro atoms. The van der Waals surface area contributed by atoms with E-state index in [0.717, 1.165) is 14.7 Å². The van der Waals surface area contributed by atoms with Crippen molar-refractivity contribution in [3.63, 3.8) is 0 Å². The van der Waals surface area contributed by atoms with Crippen molar-refractivity contribution in [1.82, 2.24) is 0 Å². The second kappa shape index (κ2) is 6.12. The van der Waals surface area contributed by atoms with E-state index >= 15 is 0 Å². The molecule has 0 saturated heterocycles. The summed E-state index contributed by atoms with van der Waals surface area (Å²) in [5.74, 6) is 0. The van der Waals surface area contributed by atoms with E-state index in [9.17, 15) is 15.2 Å². The van der Waals surface area contributed by atoms with Gasteiger partial charge in [0.2, 0.25) is 0 Å². The SMILES string of the molecule is O=[N+]([O-])c1ccc(CC(O)c2ccccc2I)cc1. The standard InChI is InChI=1S/C14H12INO3/c15-13-4-2-1-3-12(13)14(17)9-10-5-7-11(8-6-10)16(18)19/h1-8,14,17H,9H2. The van der Waals surface area contributed by atoms with E-state index in [1.807, 2.05) is 24.3 Å². The minimum absolute atomic E-state index is 0.0625. The molecule has 2 aromatic carbocycles. The fraction of sp³-hybridized carbons (Fsp3) is 0.143. The first-order valence-electron chi connectivity index (χ1n) is 5.74. The van der Waals surface area contributed by atoms with Gasteiger partial charge in [-0.15, -0.1) is 0 Å². The summed E-state index contributed by atoms with van der Waals surface area (Å²) in [6.45, 7) is 0. The first-order chi connectivity index (χ1) is 9.08. The van der Waals surface area contributed by atoms with Crippen LogP contribution in [0.25, 0.3) is 0 Å². The number of aliphatic hydroxyl groups excluding tert-OH is 1. The van der Waals surface area contributed by atoms with Crippen LogP contribution in [0.1, 0.15) is 17.2 Å². The van der Waals surface area contributed by atoms with E-state index < -0.39 is 11.0 Å². The second-order valence-electron chi connectivity index (χ2n) is 4.16. The van der Waals surface area contributed by atoms with Gasteiger partial charge in [-0.1, -0.05) is 30.3 Å². The Labute approximate surface area is 124 Å². The molecule has 0 radical (unpaired) electrons. The average molecular weight is 369 g/mol. The van der Waals surface area contributed by atoms with Crippen molar-refractivity contribution in [1.29, 1.82) is 0 Å². The fourth-order valence-electron chi connectivity index (χ4n) is 1.83. The topological polar surface area (TPSA) is 63.4 Å². The van der Waals surface area contributed by atoms with E-state index in [2.05, 4.69) is 22.6 Å². The lowest BCUT2D eigenvalue weighted by Crippen LogP contribution is -2.03. The molecule has 5 heteroatoms. The van der Waals surface area contributed by atoms with Gasteiger partial charge in [-0.3, -0.25) is 10.1 Å². The number of aliphatic hydroxyl groups is 1. The third-order valence-corrected chi connectivity index (χ3v) is 3.82. The predicted octanol–water partition coefficient (Wildman–Crippen LogP) is 3.48. The zero-order valence-corrected chi connectivity index (χ0v) is 12.1. The number of nitro groups is 1. The highest BCUT2D eigenvalue weighted by atomic mass is 127. The molecule has 0 aliphatic rings. The molecule has 0 saturated carbocycles. The molecule has 0 heterocycles. The van der Waals surface area contributed by atoms with Crippen molar-refractivity contribution in [3.8, 4) is 0 Å². The Bertz CT molecular complexity index is 583. The first-order valence-corrected chi connectivity index (χ1v) is 6.81. The van der Waals surface area contributed by atoms with Crippen LogP contribution >= 0.6 is 22.6 Å². The minimum atomic E-state index is -0.602. The van der Waals surface area contributed by atoms with Gasteiger partial charge in [0.15, 0.2) is 0 Å². The summed E-state index contributed by atoms with van der Waals surface area (Å²) in [5, 5.41) is 20.8. The lowest BCUT2D eigenvalue weighted by Gasteiger charge is -2.12. The Balaban J connectivity index is 2.13. The molecule has 1 N–H and O–H groups in total. The van der Waals surface area contributed by atoms with Crippen molar-refractivity contribution in [2.75, 3.05) is 0 Å².